The summed E-state index contributed by atoms with van der Waals surface area (Å²) in [6, 6.07) is 11.3. The van der Waals surface area contributed by atoms with Crippen molar-refractivity contribution in [3.63, 3.8) is 0 Å². The number of anilines is 1. The molecule has 2 rings (SSSR count). The average molecular weight is 330 g/mol. The largest absolute Gasteiger partial charge is 0.484 e. The van der Waals surface area contributed by atoms with Gasteiger partial charge in [-0.05, 0) is 25.1 Å². The van der Waals surface area contributed by atoms with Gasteiger partial charge in [0.25, 0.3) is 11.6 Å². The van der Waals surface area contributed by atoms with Gasteiger partial charge in [0.15, 0.2) is 6.61 Å². The number of nitro groups is 1. The lowest BCUT2D eigenvalue weighted by atomic mass is 10.3. The van der Waals surface area contributed by atoms with Crippen molar-refractivity contribution in [3.05, 3.63) is 58.3 Å². The standard InChI is InChI=1S/C16H18N4O4/c1-12-4-2-7-15(19-12)17-8-9-18-16(21)11-24-14-6-3-5-13(10-14)20(22)23/h2-7,10H,8-9,11H2,1H3,(H,17,19)(H,18,21). The van der Waals surface area contributed by atoms with Gasteiger partial charge >= 0.3 is 0 Å². The number of rotatable bonds is 8. The van der Waals surface area contributed by atoms with Gasteiger partial charge in [-0.2, -0.15) is 0 Å². The molecule has 126 valence electrons. The number of ether oxygens (including phenoxy) is 1. The summed E-state index contributed by atoms with van der Waals surface area (Å²) < 4.78 is 5.24. The second kappa shape index (κ2) is 8.47. The zero-order valence-electron chi connectivity index (χ0n) is 13.2. The van der Waals surface area contributed by atoms with Crippen LogP contribution in [0.3, 0.4) is 0 Å². The van der Waals surface area contributed by atoms with Crippen LogP contribution in [0.15, 0.2) is 42.5 Å². The van der Waals surface area contributed by atoms with Gasteiger partial charge in [-0.15, -0.1) is 0 Å². The Kier molecular flexibility index (Phi) is 6.07. The van der Waals surface area contributed by atoms with E-state index in [4.69, 9.17) is 4.74 Å². The number of non-ortho nitro benzene ring substituents is 1. The van der Waals surface area contributed by atoms with Crippen molar-refractivity contribution in [3.8, 4) is 5.75 Å². The van der Waals surface area contributed by atoms with Crippen LogP contribution in [0.5, 0.6) is 5.75 Å². The van der Waals surface area contributed by atoms with E-state index in [1.807, 2.05) is 25.1 Å². The highest BCUT2D eigenvalue weighted by atomic mass is 16.6. The Morgan fingerprint density at radius 2 is 2.04 bits per heavy atom. The summed E-state index contributed by atoms with van der Waals surface area (Å²) in [5.41, 5.74) is 0.831. The van der Waals surface area contributed by atoms with Gasteiger partial charge in [-0.1, -0.05) is 12.1 Å². The molecule has 8 heteroatoms. The van der Waals surface area contributed by atoms with E-state index >= 15 is 0 Å². The monoisotopic (exact) mass is 330 g/mol. The maximum Gasteiger partial charge on any atom is 0.273 e. The summed E-state index contributed by atoms with van der Waals surface area (Å²) in [4.78, 5) is 26.1. The van der Waals surface area contributed by atoms with Gasteiger partial charge in [0.2, 0.25) is 0 Å². The van der Waals surface area contributed by atoms with Crippen molar-refractivity contribution < 1.29 is 14.5 Å². The van der Waals surface area contributed by atoms with E-state index < -0.39 is 4.92 Å². The van der Waals surface area contributed by atoms with Gasteiger partial charge in [0, 0.05) is 24.8 Å². The van der Waals surface area contributed by atoms with Crippen LogP contribution in [-0.2, 0) is 4.79 Å². The Hall–Kier alpha value is -3.16. The molecule has 1 heterocycles. The minimum Gasteiger partial charge on any atom is -0.484 e. The van der Waals surface area contributed by atoms with Crippen LogP contribution in [-0.4, -0.2) is 35.5 Å². The van der Waals surface area contributed by atoms with E-state index in [0.29, 0.717) is 13.1 Å². The Balaban J connectivity index is 1.68. The smallest absolute Gasteiger partial charge is 0.273 e. The molecule has 2 N–H and O–H groups in total. The first-order valence-corrected chi connectivity index (χ1v) is 7.36. The number of pyridine rings is 1. The Labute approximate surface area is 139 Å². The molecule has 0 aliphatic heterocycles. The van der Waals surface area contributed by atoms with Crippen molar-refractivity contribution >= 4 is 17.4 Å². The molecule has 2 aromatic rings. The van der Waals surface area contributed by atoms with Gasteiger partial charge in [-0.3, -0.25) is 14.9 Å². The van der Waals surface area contributed by atoms with Gasteiger partial charge in [0.05, 0.1) is 11.0 Å². The van der Waals surface area contributed by atoms with Crippen molar-refractivity contribution in [2.45, 2.75) is 6.92 Å². The summed E-state index contributed by atoms with van der Waals surface area (Å²) in [7, 11) is 0. The van der Waals surface area contributed by atoms with Crippen molar-refractivity contribution in [2.75, 3.05) is 25.0 Å². The first kappa shape index (κ1) is 17.2. The Bertz CT molecular complexity index is 721. The molecule has 0 radical (unpaired) electrons. The van der Waals surface area contributed by atoms with Crippen LogP contribution in [0.2, 0.25) is 0 Å². The molecule has 0 saturated heterocycles. The molecule has 0 aliphatic carbocycles. The summed E-state index contributed by atoms with van der Waals surface area (Å²) in [6.07, 6.45) is 0. The lowest BCUT2D eigenvalue weighted by molar-refractivity contribution is -0.384. The molecular weight excluding hydrogens is 312 g/mol. The topological polar surface area (TPSA) is 106 Å². The Morgan fingerprint density at radius 1 is 1.25 bits per heavy atom. The quantitative estimate of drug-likeness (QED) is 0.435. The maximum atomic E-state index is 11.7. The number of nitrogens with one attached hydrogen (secondary N) is 2. The van der Waals surface area contributed by atoms with E-state index in [0.717, 1.165) is 11.5 Å². The number of aryl methyl sites for hydroxylation is 1. The van der Waals surface area contributed by atoms with E-state index in [1.165, 1.54) is 18.2 Å². The lowest BCUT2D eigenvalue weighted by Crippen LogP contribution is -2.32. The highest BCUT2D eigenvalue weighted by molar-refractivity contribution is 5.77. The third kappa shape index (κ3) is 5.56. The summed E-state index contributed by atoms with van der Waals surface area (Å²) in [5.74, 6) is 0.721. The molecule has 0 fully saturated rings. The Morgan fingerprint density at radius 3 is 2.79 bits per heavy atom. The van der Waals surface area contributed by atoms with Crippen LogP contribution in [0.4, 0.5) is 11.5 Å². The molecule has 0 unspecified atom stereocenters. The second-order valence-corrected chi connectivity index (χ2v) is 4.98. The molecule has 1 aromatic heterocycles. The van der Waals surface area contributed by atoms with Crippen LogP contribution in [0.25, 0.3) is 0 Å². The van der Waals surface area contributed by atoms with Gasteiger partial charge in [-0.25, -0.2) is 4.98 Å². The fraction of sp³-hybridized carbons (Fsp3) is 0.250. The number of hydrogen-bond donors (Lipinski definition) is 2. The highest BCUT2D eigenvalue weighted by Crippen LogP contribution is 2.18. The van der Waals surface area contributed by atoms with E-state index in [-0.39, 0.29) is 24.0 Å². The number of carbonyl (C=O) groups is 1. The van der Waals surface area contributed by atoms with E-state index in [1.54, 1.807) is 6.07 Å². The second-order valence-electron chi connectivity index (χ2n) is 4.98. The molecule has 1 amide bonds. The fourth-order valence-electron chi connectivity index (χ4n) is 1.92. The van der Waals surface area contributed by atoms with Crippen molar-refractivity contribution in [2.24, 2.45) is 0 Å². The normalized spacial score (nSPS) is 10.0. The van der Waals surface area contributed by atoms with Crippen molar-refractivity contribution in [1.82, 2.24) is 10.3 Å². The molecule has 0 spiro atoms. The van der Waals surface area contributed by atoms with Crippen LogP contribution >= 0.6 is 0 Å². The SMILES string of the molecule is Cc1cccc(NCCNC(=O)COc2cccc([N+](=O)[O-])c2)n1. The molecule has 1 aromatic carbocycles. The number of aromatic nitrogens is 1. The van der Waals surface area contributed by atoms with Crippen LogP contribution in [0, 0.1) is 17.0 Å². The fourth-order valence-corrected chi connectivity index (χ4v) is 1.92. The number of amides is 1. The van der Waals surface area contributed by atoms with Gasteiger partial charge in [0.1, 0.15) is 11.6 Å². The first-order chi connectivity index (χ1) is 11.5. The molecule has 0 saturated carbocycles. The summed E-state index contributed by atoms with van der Waals surface area (Å²) in [5, 5.41) is 16.4. The van der Waals surface area contributed by atoms with Crippen LogP contribution in [0.1, 0.15) is 5.69 Å². The third-order valence-electron chi connectivity index (χ3n) is 3.04. The minimum absolute atomic E-state index is 0.0808. The van der Waals surface area contributed by atoms with Crippen LogP contribution < -0.4 is 15.4 Å². The molecule has 24 heavy (non-hydrogen) atoms. The molecule has 0 bridgehead atoms. The number of nitrogens with zero attached hydrogens (tertiary/aromatic N) is 2. The number of benzene rings is 1. The number of hydrogen-bond acceptors (Lipinski definition) is 6. The maximum absolute atomic E-state index is 11.7. The average Bonchev–Trinajstić information content (AvgIpc) is 2.57. The zero-order chi connectivity index (χ0) is 17.4. The first-order valence-electron chi connectivity index (χ1n) is 7.36. The molecule has 0 aliphatic rings. The number of carbonyl (C=O) groups excluding carboxylic acids is 1. The molecule has 8 nitrogen and oxygen atoms in total. The van der Waals surface area contributed by atoms with E-state index in [9.17, 15) is 14.9 Å². The van der Waals surface area contributed by atoms with E-state index in [2.05, 4.69) is 15.6 Å². The predicted molar refractivity (Wildman–Crippen MR) is 89.1 cm³/mol. The minimum atomic E-state index is -0.516. The molecular formula is C16H18N4O4. The highest BCUT2D eigenvalue weighted by Gasteiger charge is 2.08. The van der Waals surface area contributed by atoms with Gasteiger partial charge < -0.3 is 15.4 Å². The summed E-state index contributed by atoms with van der Waals surface area (Å²) in [6.45, 7) is 2.63. The lowest BCUT2D eigenvalue weighted by Gasteiger charge is -2.09. The number of nitro benzene ring substituents is 1. The zero-order valence-corrected chi connectivity index (χ0v) is 13.2. The third-order valence-corrected chi connectivity index (χ3v) is 3.04. The summed E-state index contributed by atoms with van der Waals surface area (Å²) >= 11 is 0. The van der Waals surface area contributed by atoms with Crippen molar-refractivity contribution in [1.29, 1.82) is 0 Å². The molecule has 0 atom stereocenters. The predicted octanol–water partition coefficient (Wildman–Crippen LogP) is 1.91.